The van der Waals surface area contributed by atoms with E-state index in [-0.39, 0.29) is 11.3 Å². The number of piperidine rings is 1. The van der Waals surface area contributed by atoms with E-state index in [1.54, 1.807) is 0 Å². The van der Waals surface area contributed by atoms with Crippen molar-refractivity contribution in [2.24, 2.45) is 5.41 Å². The number of aromatic nitrogens is 3. The van der Waals surface area contributed by atoms with Crippen LogP contribution in [0.15, 0.2) is 0 Å². The Morgan fingerprint density at radius 3 is 2.85 bits per heavy atom. The molecule has 1 aliphatic rings. The third-order valence-electron chi connectivity index (χ3n) is 3.75. The summed E-state index contributed by atoms with van der Waals surface area (Å²) in [7, 11) is 1.44. The normalized spacial score (nSPS) is 22.6. The predicted octanol–water partition coefficient (Wildman–Crippen LogP) is 1.61. The Hall–Kier alpha value is -1.63. The first-order valence-corrected chi connectivity index (χ1v) is 6.82. The minimum Gasteiger partial charge on any atom is -0.481 e. The van der Waals surface area contributed by atoms with E-state index in [1.165, 1.54) is 7.11 Å². The van der Waals surface area contributed by atoms with E-state index >= 15 is 0 Å². The summed E-state index contributed by atoms with van der Waals surface area (Å²) < 4.78 is 4.96. The number of hydrogen-bond donors (Lipinski definition) is 1. The van der Waals surface area contributed by atoms with E-state index in [2.05, 4.69) is 15.0 Å². The zero-order chi connectivity index (χ0) is 14.8. The number of hydrogen-bond acceptors (Lipinski definition) is 6. The van der Waals surface area contributed by atoms with E-state index in [0.717, 1.165) is 6.42 Å². The van der Waals surface area contributed by atoms with Crippen molar-refractivity contribution in [1.82, 2.24) is 15.0 Å². The van der Waals surface area contributed by atoms with E-state index in [4.69, 9.17) is 16.3 Å². The smallest absolute Gasteiger partial charge is 0.322 e. The summed E-state index contributed by atoms with van der Waals surface area (Å²) in [6, 6.07) is 0.128. The molecule has 0 saturated carbocycles. The molecule has 1 fully saturated rings. The van der Waals surface area contributed by atoms with Gasteiger partial charge in [0.2, 0.25) is 11.2 Å². The van der Waals surface area contributed by atoms with Gasteiger partial charge >= 0.3 is 12.0 Å². The molecule has 1 aromatic rings. The lowest BCUT2D eigenvalue weighted by atomic mass is 9.78. The summed E-state index contributed by atoms with van der Waals surface area (Å²) in [6.45, 7) is 2.94. The van der Waals surface area contributed by atoms with Gasteiger partial charge in [0.15, 0.2) is 0 Å². The van der Waals surface area contributed by atoms with Gasteiger partial charge in [-0.25, -0.2) is 0 Å². The van der Waals surface area contributed by atoms with Crippen LogP contribution in [0.25, 0.3) is 0 Å². The highest BCUT2D eigenvalue weighted by atomic mass is 35.5. The molecular formula is C12H17ClN4O3. The molecule has 0 spiro atoms. The van der Waals surface area contributed by atoms with Crippen LogP contribution in [-0.2, 0) is 4.79 Å². The molecule has 0 aromatic carbocycles. The number of rotatable bonds is 4. The Labute approximate surface area is 122 Å². The number of carboxylic acid groups (broad SMARTS) is 1. The lowest BCUT2D eigenvalue weighted by Gasteiger charge is -2.39. The van der Waals surface area contributed by atoms with Gasteiger partial charge in [-0.3, -0.25) is 4.79 Å². The number of carbonyl (C=O) groups is 1. The fourth-order valence-corrected chi connectivity index (χ4v) is 2.62. The van der Waals surface area contributed by atoms with Crippen molar-refractivity contribution in [2.45, 2.75) is 26.2 Å². The van der Waals surface area contributed by atoms with Gasteiger partial charge in [-0.05, 0) is 30.9 Å². The van der Waals surface area contributed by atoms with Crippen molar-refractivity contribution in [2.75, 3.05) is 25.1 Å². The Morgan fingerprint density at radius 2 is 2.25 bits per heavy atom. The molecule has 8 heteroatoms. The van der Waals surface area contributed by atoms with E-state index < -0.39 is 11.4 Å². The maximum Gasteiger partial charge on any atom is 0.322 e. The predicted molar refractivity (Wildman–Crippen MR) is 73.2 cm³/mol. The fourth-order valence-electron chi connectivity index (χ4n) is 2.47. The van der Waals surface area contributed by atoms with Crippen LogP contribution in [0.2, 0.25) is 5.28 Å². The first-order chi connectivity index (χ1) is 9.50. The van der Waals surface area contributed by atoms with Crippen LogP contribution in [0.1, 0.15) is 26.2 Å². The van der Waals surface area contributed by atoms with Crippen LogP contribution in [0.3, 0.4) is 0 Å². The molecule has 2 rings (SSSR count). The van der Waals surface area contributed by atoms with Gasteiger partial charge in [0.1, 0.15) is 0 Å². The summed E-state index contributed by atoms with van der Waals surface area (Å²) in [4.78, 5) is 25.4. The lowest BCUT2D eigenvalue weighted by Crippen LogP contribution is -2.48. The van der Waals surface area contributed by atoms with Gasteiger partial charge in [-0.1, -0.05) is 6.92 Å². The zero-order valence-electron chi connectivity index (χ0n) is 11.5. The van der Waals surface area contributed by atoms with Crippen LogP contribution in [0, 0.1) is 5.41 Å². The lowest BCUT2D eigenvalue weighted by molar-refractivity contribution is -0.149. The average Bonchev–Trinajstić information content (AvgIpc) is 2.46. The fraction of sp³-hybridized carbons (Fsp3) is 0.667. The molecule has 1 atom stereocenters. The Balaban J connectivity index is 2.29. The summed E-state index contributed by atoms with van der Waals surface area (Å²) in [5.74, 6) is -0.419. The van der Waals surface area contributed by atoms with Crippen molar-refractivity contribution in [3.8, 4) is 6.01 Å². The zero-order valence-corrected chi connectivity index (χ0v) is 12.2. The SMILES string of the molecule is CCC1(C(=O)O)CCCN(c2nc(Cl)nc(OC)n2)C1. The highest BCUT2D eigenvalue weighted by Crippen LogP contribution is 2.35. The summed E-state index contributed by atoms with van der Waals surface area (Å²) >= 11 is 5.83. The number of ether oxygens (including phenoxy) is 1. The molecule has 0 radical (unpaired) electrons. The second-order valence-corrected chi connectivity index (χ2v) is 5.19. The van der Waals surface area contributed by atoms with E-state index in [9.17, 15) is 9.90 Å². The molecule has 20 heavy (non-hydrogen) atoms. The number of nitrogens with zero attached hydrogens (tertiary/aromatic N) is 4. The standard InChI is InChI=1S/C12H17ClN4O3/c1-3-12(8(18)19)5-4-6-17(7-12)10-14-9(13)15-11(16-10)20-2/h3-7H2,1-2H3,(H,18,19). The van der Waals surface area contributed by atoms with Crippen LogP contribution < -0.4 is 9.64 Å². The van der Waals surface area contributed by atoms with Gasteiger partial charge in [0.25, 0.3) is 0 Å². The first-order valence-electron chi connectivity index (χ1n) is 6.44. The molecule has 1 unspecified atom stereocenters. The minimum atomic E-state index is -0.781. The van der Waals surface area contributed by atoms with Crippen LogP contribution in [-0.4, -0.2) is 46.2 Å². The minimum absolute atomic E-state index is 0.0369. The average molecular weight is 301 g/mol. The maximum absolute atomic E-state index is 11.5. The molecular weight excluding hydrogens is 284 g/mol. The van der Waals surface area contributed by atoms with Gasteiger partial charge in [-0.2, -0.15) is 15.0 Å². The molecule has 110 valence electrons. The Kier molecular flexibility index (Phi) is 4.27. The number of aliphatic carboxylic acids is 1. The molecule has 1 aromatic heterocycles. The molecule has 1 aliphatic heterocycles. The quantitative estimate of drug-likeness (QED) is 0.903. The monoisotopic (exact) mass is 300 g/mol. The summed E-state index contributed by atoms with van der Waals surface area (Å²) in [5.41, 5.74) is -0.759. The number of carboxylic acids is 1. The van der Waals surface area contributed by atoms with Crippen LogP contribution in [0.4, 0.5) is 5.95 Å². The third kappa shape index (κ3) is 2.77. The van der Waals surface area contributed by atoms with Gasteiger partial charge < -0.3 is 14.7 Å². The van der Waals surface area contributed by atoms with Crippen molar-refractivity contribution in [3.05, 3.63) is 5.28 Å². The Bertz CT molecular complexity index is 513. The van der Waals surface area contributed by atoms with Gasteiger partial charge in [-0.15, -0.1) is 0 Å². The number of anilines is 1. The first kappa shape index (κ1) is 14.8. The molecule has 0 aliphatic carbocycles. The van der Waals surface area contributed by atoms with Gasteiger partial charge in [0, 0.05) is 13.1 Å². The molecule has 1 N–H and O–H groups in total. The van der Waals surface area contributed by atoms with E-state index in [0.29, 0.717) is 31.9 Å². The molecule has 2 heterocycles. The topological polar surface area (TPSA) is 88.4 Å². The second-order valence-electron chi connectivity index (χ2n) is 4.86. The largest absolute Gasteiger partial charge is 0.481 e. The molecule has 0 bridgehead atoms. The highest BCUT2D eigenvalue weighted by Gasteiger charge is 2.41. The summed E-state index contributed by atoms with van der Waals surface area (Å²) in [5, 5.41) is 9.52. The third-order valence-corrected chi connectivity index (χ3v) is 3.92. The molecule has 1 saturated heterocycles. The Morgan fingerprint density at radius 1 is 1.50 bits per heavy atom. The maximum atomic E-state index is 11.5. The molecule has 0 amide bonds. The van der Waals surface area contributed by atoms with Crippen LogP contribution >= 0.6 is 11.6 Å². The number of methoxy groups -OCH3 is 1. The molecule has 7 nitrogen and oxygen atoms in total. The van der Waals surface area contributed by atoms with Crippen molar-refractivity contribution < 1.29 is 14.6 Å². The van der Waals surface area contributed by atoms with E-state index in [1.807, 2.05) is 11.8 Å². The second kappa shape index (κ2) is 5.78. The van der Waals surface area contributed by atoms with Crippen molar-refractivity contribution >= 4 is 23.5 Å². The van der Waals surface area contributed by atoms with Crippen molar-refractivity contribution in [3.63, 3.8) is 0 Å². The van der Waals surface area contributed by atoms with Crippen LogP contribution in [0.5, 0.6) is 6.01 Å². The summed E-state index contributed by atoms with van der Waals surface area (Å²) in [6.07, 6.45) is 1.99. The number of halogens is 1. The van der Waals surface area contributed by atoms with Gasteiger partial charge in [0.05, 0.1) is 12.5 Å². The van der Waals surface area contributed by atoms with Crippen molar-refractivity contribution in [1.29, 1.82) is 0 Å². The highest BCUT2D eigenvalue weighted by molar-refractivity contribution is 6.28.